The molecule has 4 heteroatoms. The smallest absolute Gasteiger partial charge is 0.163 e. The van der Waals surface area contributed by atoms with Gasteiger partial charge in [-0.05, 0) is 12.1 Å². The quantitative estimate of drug-likeness (QED) is 0.723. The number of ether oxygens (including phenoxy) is 2. The molecule has 0 N–H and O–H groups in total. The number of halogens is 1. The summed E-state index contributed by atoms with van der Waals surface area (Å²) in [6.07, 6.45) is 0.888. The van der Waals surface area contributed by atoms with Crippen molar-refractivity contribution in [2.75, 3.05) is 13.2 Å². The first-order chi connectivity index (χ1) is 9.45. The predicted molar refractivity (Wildman–Crippen MR) is 81.1 cm³/mol. The predicted octanol–water partition coefficient (Wildman–Crippen LogP) is 4.35. The fourth-order valence-corrected chi connectivity index (χ4v) is 2.48. The van der Waals surface area contributed by atoms with Gasteiger partial charge in [-0.3, -0.25) is 4.98 Å². The molecule has 106 valence electrons. The Morgan fingerprint density at radius 2 is 1.70 bits per heavy atom. The number of rotatable bonds is 0. The Kier molecular flexibility index (Phi) is 3.25. The van der Waals surface area contributed by atoms with Gasteiger partial charge in [0.15, 0.2) is 11.5 Å². The molecule has 0 aliphatic carbocycles. The lowest BCUT2D eigenvalue weighted by Gasteiger charge is -2.19. The van der Waals surface area contributed by atoms with Crippen LogP contribution in [0.4, 0.5) is 0 Å². The van der Waals surface area contributed by atoms with Crippen LogP contribution >= 0.6 is 11.6 Å². The first-order valence-electron chi connectivity index (χ1n) is 6.85. The third-order valence-electron chi connectivity index (χ3n) is 3.40. The Hall–Kier alpha value is -1.48. The number of aromatic nitrogens is 1. The first kappa shape index (κ1) is 13.5. The Balaban J connectivity index is 2.21. The zero-order valence-corrected chi connectivity index (χ0v) is 12.8. The molecular weight excluding hydrogens is 274 g/mol. The summed E-state index contributed by atoms with van der Waals surface area (Å²) >= 11 is 6.42. The van der Waals surface area contributed by atoms with E-state index in [1.165, 1.54) is 0 Å². The van der Waals surface area contributed by atoms with Crippen molar-refractivity contribution in [2.24, 2.45) is 0 Å². The van der Waals surface area contributed by atoms with Gasteiger partial charge in [-0.2, -0.15) is 0 Å². The van der Waals surface area contributed by atoms with E-state index in [-0.39, 0.29) is 5.41 Å². The maximum Gasteiger partial charge on any atom is 0.163 e. The standard InChI is InChI=1S/C16H18ClNO2/c1-16(2,3)15-8-11(17)10-7-13-14(9-12(10)18-15)20-6-4-5-19-13/h7-9H,4-6H2,1-3H3. The van der Waals surface area contributed by atoms with Crippen molar-refractivity contribution in [1.82, 2.24) is 4.98 Å². The van der Waals surface area contributed by atoms with E-state index in [0.29, 0.717) is 18.2 Å². The number of benzene rings is 1. The lowest BCUT2D eigenvalue weighted by molar-refractivity contribution is 0.297. The Labute approximate surface area is 123 Å². The van der Waals surface area contributed by atoms with Crippen LogP contribution in [0.2, 0.25) is 5.02 Å². The van der Waals surface area contributed by atoms with E-state index in [4.69, 9.17) is 26.1 Å². The van der Waals surface area contributed by atoms with Crippen molar-refractivity contribution >= 4 is 22.5 Å². The van der Waals surface area contributed by atoms with Gasteiger partial charge in [0.2, 0.25) is 0 Å². The van der Waals surface area contributed by atoms with Gasteiger partial charge in [0.05, 0.1) is 23.8 Å². The van der Waals surface area contributed by atoms with E-state index >= 15 is 0 Å². The molecule has 3 rings (SSSR count). The van der Waals surface area contributed by atoms with Gasteiger partial charge >= 0.3 is 0 Å². The minimum atomic E-state index is -0.0397. The maximum atomic E-state index is 6.42. The molecule has 0 fully saturated rings. The van der Waals surface area contributed by atoms with Crippen molar-refractivity contribution in [1.29, 1.82) is 0 Å². The van der Waals surface area contributed by atoms with Crippen molar-refractivity contribution < 1.29 is 9.47 Å². The lowest BCUT2D eigenvalue weighted by atomic mass is 9.91. The number of nitrogens with zero attached hydrogens (tertiary/aromatic N) is 1. The highest BCUT2D eigenvalue weighted by Crippen LogP contribution is 2.37. The molecule has 0 radical (unpaired) electrons. The summed E-state index contributed by atoms with van der Waals surface area (Å²) in [5.74, 6) is 1.51. The van der Waals surface area contributed by atoms with Gasteiger partial charge < -0.3 is 9.47 Å². The Morgan fingerprint density at radius 3 is 2.35 bits per heavy atom. The van der Waals surface area contributed by atoms with E-state index in [1.54, 1.807) is 0 Å². The van der Waals surface area contributed by atoms with Crippen molar-refractivity contribution in [3.63, 3.8) is 0 Å². The Morgan fingerprint density at radius 1 is 1.05 bits per heavy atom. The number of pyridine rings is 1. The zero-order valence-electron chi connectivity index (χ0n) is 12.0. The fourth-order valence-electron chi connectivity index (χ4n) is 2.23. The van der Waals surface area contributed by atoms with E-state index in [1.807, 2.05) is 18.2 Å². The molecular formula is C16H18ClNO2. The molecule has 0 unspecified atom stereocenters. The summed E-state index contributed by atoms with van der Waals surface area (Å²) in [7, 11) is 0. The minimum Gasteiger partial charge on any atom is -0.490 e. The van der Waals surface area contributed by atoms with Crippen LogP contribution in [-0.2, 0) is 5.41 Å². The topological polar surface area (TPSA) is 31.4 Å². The van der Waals surface area contributed by atoms with Crippen LogP contribution in [0, 0.1) is 0 Å². The van der Waals surface area contributed by atoms with Crippen LogP contribution in [-0.4, -0.2) is 18.2 Å². The number of hydrogen-bond acceptors (Lipinski definition) is 3. The van der Waals surface area contributed by atoms with Crippen LogP contribution < -0.4 is 9.47 Å². The molecule has 0 atom stereocenters. The molecule has 2 aromatic rings. The van der Waals surface area contributed by atoms with Crippen LogP contribution in [0.25, 0.3) is 10.9 Å². The fraction of sp³-hybridized carbons (Fsp3) is 0.438. The molecule has 2 heterocycles. The summed E-state index contributed by atoms with van der Waals surface area (Å²) in [5.41, 5.74) is 1.79. The average molecular weight is 292 g/mol. The Bertz CT molecular complexity index is 662. The van der Waals surface area contributed by atoms with Gasteiger partial charge in [-0.15, -0.1) is 0 Å². The second-order valence-electron chi connectivity index (χ2n) is 6.11. The number of fused-ring (bicyclic) bond motifs is 2. The summed E-state index contributed by atoms with van der Waals surface area (Å²) in [5, 5.41) is 1.61. The van der Waals surface area contributed by atoms with E-state index in [2.05, 4.69) is 20.8 Å². The number of hydrogen-bond donors (Lipinski definition) is 0. The molecule has 0 amide bonds. The molecule has 0 spiro atoms. The highest BCUT2D eigenvalue weighted by molar-refractivity contribution is 6.35. The van der Waals surface area contributed by atoms with E-state index in [9.17, 15) is 0 Å². The maximum absolute atomic E-state index is 6.42. The molecule has 20 heavy (non-hydrogen) atoms. The molecule has 0 saturated carbocycles. The highest BCUT2D eigenvalue weighted by atomic mass is 35.5. The van der Waals surface area contributed by atoms with Crippen molar-refractivity contribution in [3.8, 4) is 11.5 Å². The van der Waals surface area contributed by atoms with Gasteiger partial charge in [0.25, 0.3) is 0 Å². The van der Waals surface area contributed by atoms with Crippen LogP contribution in [0.15, 0.2) is 18.2 Å². The van der Waals surface area contributed by atoms with Gasteiger partial charge in [0.1, 0.15) is 0 Å². The first-order valence-corrected chi connectivity index (χ1v) is 7.23. The largest absolute Gasteiger partial charge is 0.490 e. The van der Waals surface area contributed by atoms with Crippen LogP contribution in [0.1, 0.15) is 32.9 Å². The molecule has 1 aliphatic heterocycles. The van der Waals surface area contributed by atoms with Gasteiger partial charge in [0, 0.05) is 29.0 Å². The summed E-state index contributed by atoms with van der Waals surface area (Å²) in [4.78, 5) is 4.73. The van der Waals surface area contributed by atoms with E-state index < -0.39 is 0 Å². The van der Waals surface area contributed by atoms with Gasteiger partial charge in [-0.25, -0.2) is 0 Å². The molecule has 0 bridgehead atoms. The minimum absolute atomic E-state index is 0.0397. The molecule has 0 saturated heterocycles. The van der Waals surface area contributed by atoms with Crippen LogP contribution in [0.5, 0.6) is 11.5 Å². The highest BCUT2D eigenvalue weighted by Gasteiger charge is 2.19. The second-order valence-corrected chi connectivity index (χ2v) is 6.51. The zero-order chi connectivity index (χ0) is 14.3. The van der Waals surface area contributed by atoms with Crippen molar-refractivity contribution in [2.45, 2.75) is 32.6 Å². The van der Waals surface area contributed by atoms with Crippen LogP contribution in [0.3, 0.4) is 0 Å². The summed E-state index contributed by atoms with van der Waals surface area (Å²) < 4.78 is 11.4. The van der Waals surface area contributed by atoms with Gasteiger partial charge in [-0.1, -0.05) is 32.4 Å². The molecule has 1 aromatic heterocycles. The summed E-state index contributed by atoms with van der Waals surface area (Å²) in [6, 6.07) is 5.79. The monoisotopic (exact) mass is 291 g/mol. The SMILES string of the molecule is CC(C)(C)c1cc(Cl)c2cc3c(cc2n1)OCCCO3. The normalized spacial score (nSPS) is 15.2. The molecule has 1 aliphatic rings. The molecule has 1 aromatic carbocycles. The lowest BCUT2D eigenvalue weighted by Crippen LogP contribution is -2.13. The summed E-state index contributed by atoms with van der Waals surface area (Å²) in [6.45, 7) is 7.72. The third-order valence-corrected chi connectivity index (χ3v) is 3.71. The molecule has 3 nitrogen and oxygen atoms in total. The second kappa shape index (κ2) is 4.81. The average Bonchev–Trinajstić information content (AvgIpc) is 2.60. The third kappa shape index (κ3) is 2.42. The van der Waals surface area contributed by atoms with E-state index in [0.717, 1.165) is 34.5 Å². The van der Waals surface area contributed by atoms with Crippen molar-refractivity contribution in [3.05, 3.63) is 28.9 Å².